The van der Waals surface area contributed by atoms with Crippen molar-refractivity contribution in [1.82, 2.24) is 0 Å². The lowest BCUT2D eigenvalue weighted by molar-refractivity contribution is -0.129. The molecule has 0 aliphatic carbocycles. The van der Waals surface area contributed by atoms with E-state index in [0.717, 1.165) is 38.8 Å². The number of carbonyl (C=O) groups excluding carboxylic acids is 1. The minimum Gasteiger partial charge on any atom is -0.493 e. The van der Waals surface area contributed by atoms with Gasteiger partial charge in [-0.1, -0.05) is 47.5 Å². The van der Waals surface area contributed by atoms with E-state index in [9.17, 15) is 4.79 Å². The molecule has 1 aliphatic rings. The third-order valence-corrected chi connectivity index (χ3v) is 4.60. The maximum absolute atomic E-state index is 12.5. The van der Waals surface area contributed by atoms with E-state index in [1.54, 1.807) is 6.08 Å². The third-order valence-electron chi connectivity index (χ3n) is 4.60. The number of rotatable bonds is 4. The van der Waals surface area contributed by atoms with Crippen LogP contribution in [0.2, 0.25) is 0 Å². The third kappa shape index (κ3) is 3.41. The standard InChI is InChI=1S/C24H21NO3/c1-4-27-22-10-9-17-7-5-6-8-19(17)20(22)14-21-24(26)28-23(25-21)18-12-15(2)11-16(3)13-18/h5-14H,4H2,1-3H3/b21-14-. The number of esters is 1. The number of hydrogen-bond donors (Lipinski definition) is 0. The van der Waals surface area contributed by atoms with Gasteiger partial charge in [0.15, 0.2) is 5.70 Å². The molecule has 3 aromatic carbocycles. The minimum absolute atomic E-state index is 0.270. The summed E-state index contributed by atoms with van der Waals surface area (Å²) in [6, 6.07) is 17.9. The van der Waals surface area contributed by atoms with Crippen molar-refractivity contribution in [3.63, 3.8) is 0 Å². The molecular weight excluding hydrogens is 350 g/mol. The van der Waals surface area contributed by atoms with Crippen LogP contribution in [0.15, 0.2) is 65.3 Å². The molecule has 4 nitrogen and oxygen atoms in total. The van der Waals surface area contributed by atoms with E-state index in [2.05, 4.69) is 11.1 Å². The molecule has 28 heavy (non-hydrogen) atoms. The summed E-state index contributed by atoms with van der Waals surface area (Å²) in [5.41, 5.74) is 4.10. The van der Waals surface area contributed by atoms with Crippen molar-refractivity contribution in [2.24, 2.45) is 4.99 Å². The van der Waals surface area contributed by atoms with Crippen LogP contribution in [0.5, 0.6) is 5.75 Å². The van der Waals surface area contributed by atoms with E-state index in [-0.39, 0.29) is 5.70 Å². The van der Waals surface area contributed by atoms with Gasteiger partial charge < -0.3 is 9.47 Å². The van der Waals surface area contributed by atoms with Crippen molar-refractivity contribution in [3.8, 4) is 5.75 Å². The van der Waals surface area contributed by atoms with E-state index in [1.165, 1.54) is 0 Å². The molecule has 0 saturated heterocycles. The van der Waals surface area contributed by atoms with Gasteiger partial charge in [-0.25, -0.2) is 9.79 Å². The molecule has 0 atom stereocenters. The van der Waals surface area contributed by atoms with Crippen LogP contribution < -0.4 is 4.74 Å². The van der Waals surface area contributed by atoms with Crippen LogP contribution in [0.4, 0.5) is 0 Å². The van der Waals surface area contributed by atoms with E-state index in [4.69, 9.17) is 9.47 Å². The molecule has 0 spiro atoms. The van der Waals surface area contributed by atoms with Crippen LogP contribution in [-0.2, 0) is 9.53 Å². The van der Waals surface area contributed by atoms with E-state index in [0.29, 0.717) is 12.5 Å². The number of ether oxygens (including phenoxy) is 2. The maximum Gasteiger partial charge on any atom is 0.363 e. The quantitative estimate of drug-likeness (QED) is 0.468. The lowest BCUT2D eigenvalue weighted by Gasteiger charge is -2.10. The monoisotopic (exact) mass is 371 g/mol. The molecule has 4 heteroatoms. The molecule has 3 aromatic rings. The van der Waals surface area contributed by atoms with Crippen LogP contribution >= 0.6 is 0 Å². The highest BCUT2D eigenvalue weighted by Gasteiger charge is 2.25. The molecule has 4 rings (SSSR count). The Morgan fingerprint density at radius 2 is 1.79 bits per heavy atom. The van der Waals surface area contributed by atoms with E-state index < -0.39 is 5.97 Å². The van der Waals surface area contributed by atoms with Crippen LogP contribution in [0.1, 0.15) is 29.2 Å². The van der Waals surface area contributed by atoms with Crippen LogP contribution in [0.25, 0.3) is 16.8 Å². The van der Waals surface area contributed by atoms with Crippen molar-refractivity contribution < 1.29 is 14.3 Å². The molecule has 0 radical (unpaired) electrons. The first-order chi connectivity index (χ1) is 13.5. The van der Waals surface area contributed by atoms with Crippen molar-refractivity contribution in [3.05, 3.63) is 82.5 Å². The lowest BCUT2D eigenvalue weighted by atomic mass is 10.0. The highest BCUT2D eigenvalue weighted by molar-refractivity contribution is 6.13. The summed E-state index contributed by atoms with van der Waals surface area (Å²) in [5, 5.41) is 2.08. The van der Waals surface area contributed by atoms with Crippen molar-refractivity contribution in [2.45, 2.75) is 20.8 Å². The fourth-order valence-corrected chi connectivity index (χ4v) is 3.47. The summed E-state index contributed by atoms with van der Waals surface area (Å²) in [5.74, 6) is 0.599. The summed E-state index contributed by atoms with van der Waals surface area (Å²) < 4.78 is 11.2. The molecule has 0 amide bonds. The fourth-order valence-electron chi connectivity index (χ4n) is 3.47. The summed E-state index contributed by atoms with van der Waals surface area (Å²) in [6.45, 7) is 6.49. The number of cyclic esters (lactones) is 1. The number of benzene rings is 3. The van der Waals surface area contributed by atoms with Gasteiger partial charge >= 0.3 is 5.97 Å². The Kier molecular flexibility index (Phi) is 4.70. The average molecular weight is 371 g/mol. The van der Waals surface area contributed by atoms with E-state index in [1.807, 2.05) is 69.3 Å². The summed E-state index contributed by atoms with van der Waals surface area (Å²) in [6.07, 6.45) is 1.76. The first kappa shape index (κ1) is 18.0. The van der Waals surface area contributed by atoms with Crippen molar-refractivity contribution in [1.29, 1.82) is 0 Å². The first-order valence-electron chi connectivity index (χ1n) is 9.31. The van der Waals surface area contributed by atoms with Gasteiger partial charge in [0.1, 0.15) is 5.75 Å². The predicted molar refractivity (Wildman–Crippen MR) is 112 cm³/mol. The number of hydrogen-bond acceptors (Lipinski definition) is 4. The minimum atomic E-state index is -0.454. The molecular formula is C24H21NO3. The van der Waals surface area contributed by atoms with Gasteiger partial charge in [-0.15, -0.1) is 0 Å². The Labute approximate surface area is 164 Å². The van der Waals surface area contributed by atoms with Gasteiger partial charge in [0, 0.05) is 11.1 Å². The average Bonchev–Trinajstić information content (AvgIpc) is 3.04. The molecule has 0 saturated carbocycles. The van der Waals surface area contributed by atoms with Gasteiger partial charge in [0.25, 0.3) is 0 Å². The lowest BCUT2D eigenvalue weighted by Crippen LogP contribution is -2.06. The van der Waals surface area contributed by atoms with Crippen molar-refractivity contribution >= 4 is 28.7 Å². The SMILES string of the molecule is CCOc1ccc2ccccc2c1/C=C1\N=C(c2cc(C)cc(C)c2)OC1=O. The zero-order chi connectivity index (χ0) is 19.7. The molecule has 1 heterocycles. The second kappa shape index (κ2) is 7.31. The van der Waals surface area contributed by atoms with Gasteiger partial charge in [-0.05, 0) is 55.8 Å². The molecule has 0 bridgehead atoms. The molecule has 0 unspecified atom stereocenters. The van der Waals surface area contributed by atoms with Gasteiger partial charge in [-0.2, -0.15) is 0 Å². The highest BCUT2D eigenvalue weighted by atomic mass is 16.6. The first-order valence-corrected chi connectivity index (χ1v) is 9.31. The fraction of sp³-hybridized carbons (Fsp3) is 0.167. The molecule has 0 N–H and O–H groups in total. The number of nitrogens with zero attached hydrogens (tertiary/aromatic N) is 1. The smallest absolute Gasteiger partial charge is 0.363 e. The Morgan fingerprint density at radius 3 is 2.54 bits per heavy atom. The largest absolute Gasteiger partial charge is 0.493 e. The van der Waals surface area contributed by atoms with Crippen LogP contribution in [-0.4, -0.2) is 18.5 Å². The summed E-state index contributed by atoms with van der Waals surface area (Å²) in [7, 11) is 0. The Bertz CT molecular complexity index is 1120. The molecule has 0 fully saturated rings. The van der Waals surface area contributed by atoms with Gasteiger partial charge in [0.05, 0.1) is 6.61 Å². The number of fused-ring (bicyclic) bond motifs is 1. The zero-order valence-corrected chi connectivity index (χ0v) is 16.2. The van der Waals surface area contributed by atoms with Gasteiger partial charge in [-0.3, -0.25) is 0 Å². The Morgan fingerprint density at radius 1 is 1.04 bits per heavy atom. The Hall–Kier alpha value is -3.40. The maximum atomic E-state index is 12.5. The zero-order valence-electron chi connectivity index (χ0n) is 16.2. The number of carbonyl (C=O) groups is 1. The van der Waals surface area contributed by atoms with Gasteiger partial charge in [0.2, 0.25) is 5.90 Å². The van der Waals surface area contributed by atoms with Crippen LogP contribution in [0.3, 0.4) is 0 Å². The molecule has 0 aromatic heterocycles. The molecule has 1 aliphatic heterocycles. The second-order valence-corrected chi connectivity index (χ2v) is 6.84. The van der Waals surface area contributed by atoms with E-state index >= 15 is 0 Å². The topological polar surface area (TPSA) is 47.9 Å². The van der Waals surface area contributed by atoms with Crippen molar-refractivity contribution in [2.75, 3.05) is 6.61 Å². The summed E-state index contributed by atoms with van der Waals surface area (Å²) in [4.78, 5) is 17.0. The normalized spacial score (nSPS) is 15.0. The number of aliphatic imine (C=N–C) groups is 1. The van der Waals surface area contributed by atoms with Crippen LogP contribution in [0, 0.1) is 13.8 Å². The second-order valence-electron chi connectivity index (χ2n) is 6.84. The Balaban J connectivity index is 1.83. The molecule has 140 valence electrons. The summed E-state index contributed by atoms with van der Waals surface area (Å²) >= 11 is 0. The predicted octanol–water partition coefficient (Wildman–Crippen LogP) is 5.20. The highest BCUT2D eigenvalue weighted by Crippen LogP contribution is 2.32. The number of aryl methyl sites for hydroxylation is 2.